The number of nitrogens with one attached hydrogen (secondary N) is 1. The van der Waals surface area contributed by atoms with Crippen LogP contribution in [0.15, 0.2) is 28.8 Å². The van der Waals surface area contributed by atoms with Gasteiger partial charge in [0, 0.05) is 36.6 Å². The molecular formula is C16H22Cl2N4O. The summed E-state index contributed by atoms with van der Waals surface area (Å²) in [5, 5.41) is 8.28. The van der Waals surface area contributed by atoms with Crippen molar-refractivity contribution in [1.29, 1.82) is 0 Å². The summed E-state index contributed by atoms with van der Waals surface area (Å²) < 4.78 is 5.39. The zero-order valence-corrected chi connectivity index (χ0v) is 14.9. The molecule has 7 heteroatoms. The van der Waals surface area contributed by atoms with Crippen molar-refractivity contribution in [2.45, 2.75) is 32.4 Å². The lowest BCUT2D eigenvalue weighted by molar-refractivity contribution is 0.135. The van der Waals surface area contributed by atoms with Crippen LogP contribution in [0.25, 0.3) is 0 Å². The lowest BCUT2D eigenvalue weighted by atomic mass is 10.0. The third kappa shape index (κ3) is 4.23. The van der Waals surface area contributed by atoms with Crippen LogP contribution in [0.1, 0.15) is 43.1 Å². The molecule has 0 spiro atoms. The van der Waals surface area contributed by atoms with Gasteiger partial charge in [0.1, 0.15) is 0 Å². The van der Waals surface area contributed by atoms with Crippen molar-refractivity contribution in [2.24, 2.45) is 0 Å². The number of piperazine rings is 1. The first-order chi connectivity index (χ1) is 10.6. The van der Waals surface area contributed by atoms with Gasteiger partial charge in [0.25, 0.3) is 0 Å². The molecule has 2 aromatic rings. The maximum Gasteiger partial charge on any atom is 0.240 e. The van der Waals surface area contributed by atoms with Crippen molar-refractivity contribution in [1.82, 2.24) is 20.4 Å². The minimum absolute atomic E-state index is 0. The van der Waals surface area contributed by atoms with E-state index in [9.17, 15) is 0 Å². The van der Waals surface area contributed by atoms with Gasteiger partial charge in [0.2, 0.25) is 5.89 Å². The van der Waals surface area contributed by atoms with Crippen molar-refractivity contribution in [3.63, 3.8) is 0 Å². The van der Waals surface area contributed by atoms with Crippen molar-refractivity contribution in [3.05, 3.63) is 46.6 Å². The molecule has 23 heavy (non-hydrogen) atoms. The average Bonchev–Trinajstić information content (AvgIpc) is 2.97. The Bertz CT molecular complexity index is 632. The quantitative estimate of drug-likeness (QED) is 0.909. The molecule has 0 radical (unpaired) electrons. The van der Waals surface area contributed by atoms with Crippen LogP contribution < -0.4 is 5.32 Å². The standard InChI is InChI=1S/C16H21ClN4O.ClH/c1-11(2)16-19-15(22-20-16)10-21-8-7-18-9-14(21)12-5-3-4-6-13(12)17;/h3-6,11,14,18H,7-10H2,1-2H3;1H. The van der Waals surface area contributed by atoms with Gasteiger partial charge in [-0.3, -0.25) is 4.90 Å². The normalized spacial score (nSPS) is 18.9. The van der Waals surface area contributed by atoms with Gasteiger partial charge in [-0.2, -0.15) is 4.98 Å². The van der Waals surface area contributed by atoms with Crippen LogP contribution >= 0.6 is 24.0 Å². The Kier molecular flexibility index (Phi) is 6.41. The molecule has 126 valence electrons. The van der Waals surface area contributed by atoms with Gasteiger partial charge in [-0.25, -0.2) is 0 Å². The van der Waals surface area contributed by atoms with Crippen LogP contribution in [0.5, 0.6) is 0 Å². The Morgan fingerprint density at radius 1 is 1.39 bits per heavy atom. The summed E-state index contributed by atoms with van der Waals surface area (Å²) in [6, 6.07) is 8.22. The first-order valence-electron chi connectivity index (χ1n) is 7.67. The summed E-state index contributed by atoms with van der Waals surface area (Å²) >= 11 is 6.37. The van der Waals surface area contributed by atoms with E-state index in [-0.39, 0.29) is 24.4 Å². The molecule has 5 nitrogen and oxygen atoms in total. The van der Waals surface area contributed by atoms with Gasteiger partial charge in [-0.15, -0.1) is 12.4 Å². The number of hydrogen-bond acceptors (Lipinski definition) is 5. The molecular weight excluding hydrogens is 335 g/mol. The Labute approximate surface area is 147 Å². The highest BCUT2D eigenvalue weighted by Crippen LogP contribution is 2.29. The number of nitrogens with zero attached hydrogens (tertiary/aromatic N) is 3. The van der Waals surface area contributed by atoms with Crippen LogP contribution in [0, 0.1) is 0 Å². The number of benzene rings is 1. The van der Waals surface area contributed by atoms with Crippen LogP contribution in [-0.4, -0.2) is 34.7 Å². The van der Waals surface area contributed by atoms with E-state index in [1.165, 1.54) is 0 Å². The molecule has 1 N–H and O–H groups in total. The van der Waals surface area contributed by atoms with E-state index in [4.69, 9.17) is 16.1 Å². The van der Waals surface area contributed by atoms with Gasteiger partial charge in [0.15, 0.2) is 5.82 Å². The highest BCUT2D eigenvalue weighted by Gasteiger charge is 2.27. The molecule has 1 aromatic carbocycles. The number of halogens is 2. The Morgan fingerprint density at radius 2 is 2.17 bits per heavy atom. The fourth-order valence-electron chi connectivity index (χ4n) is 2.73. The summed E-state index contributed by atoms with van der Waals surface area (Å²) in [6.07, 6.45) is 0. The second-order valence-corrected chi connectivity index (χ2v) is 6.32. The van der Waals surface area contributed by atoms with E-state index in [0.29, 0.717) is 12.4 Å². The van der Waals surface area contributed by atoms with Crippen LogP contribution in [0.3, 0.4) is 0 Å². The molecule has 1 atom stereocenters. The predicted molar refractivity (Wildman–Crippen MR) is 93.1 cm³/mol. The number of hydrogen-bond donors (Lipinski definition) is 1. The van der Waals surface area contributed by atoms with Crippen LogP contribution in [0.2, 0.25) is 5.02 Å². The average molecular weight is 357 g/mol. The third-order valence-corrected chi connectivity index (χ3v) is 4.30. The van der Waals surface area contributed by atoms with Gasteiger partial charge in [-0.1, -0.05) is 48.8 Å². The van der Waals surface area contributed by atoms with Crippen molar-refractivity contribution in [3.8, 4) is 0 Å². The predicted octanol–water partition coefficient (Wildman–Crippen LogP) is 3.41. The van der Waals surface area contributed by atoms with E-state index in [0.717, 1.165) is 36.0 Å². The smallest absolute Gasteiger partial charge is 0.240 e. The van der Waals surface area contributed by atoms with E-state index >= 15 is 0 Å². The molecule has 2 heterocycles. The lowest BCUT2D eigenvalue weighted by Crippen LogP contribution is -2.45. The summed E-state index contributed by atoms with van der Waals surface area (Å²) in [7, 11) is 0. The molecule has 0 saturated carbocycles. The van der Waals surface area contributed by atoms with Gasteiger partial charge < -0.3 is 9.84 Å². The molecule has 0 amide bonds. The summed E-state index contributed by atoms with van der Waals surface area (Å²) in [5.41, 5.74) is 1.14. The second kappa shape index (κ2) is 8.11. The molecule has 1 fully saturated rings. The number of rotatable bonds is 4. The topological polar surface area (TPSA) is 54.2 Å². The van der Waals surface area contributed by atoms with E-state index in [1.54, 1.807) is 0 Å². The Balaban J connectivity index is 0.00000192. The fourth-order valence-corrected chi connectivity index (χ4v) is 2.99. The third-order valence-electron chi connectivity index (χ3n) is 3.96. The first kappa shape index (κ1) is 18.2. The van der Waals surface area contributed by atoms with Crippen LogP contribution in [0.4, 0.5) is 0 Å². The van der Waals surface area contributed by atoms with E-state index in [1.807, 2.05) is 18.2 Å². The Morgan fingerprint density at radius 3 is 2.87 bits per heavy atom. The number of aromatic nitrogens is 2. The van der Waals surface area contributed by atoms with Crippen LogP contribution in [-0.2, 0) is 6.54 Å². The van der Waals surface area contributed by atoms with Crippen molar-refractivity contribution < 1.29 is 4.52 Å². The van der Waals surface area contributed by atoms with E-state index in [2.05, 4.69) is 40.3 Å². The first-order valence-corrected chi connectivity index (χ1v) is 8.04. The minimum Gasteiger partial charge on any atom is -0.338 e. The molecule has 1 aromatic heterocycles. The molecule has 0 bridgehead atoms. The zero-order valence-electron chi connectivity index (χ0n) is 13.3. The highest BCUT2D eigenvalue weighted by molar-refractivity contribution is 6.31. The highest BCUT2D eigenvalue weighted by atomic mass is 35.5. The molecule has 1 saturated heterocycles. The SMILES string of the molecule is CC(C)c1noc(CN2CCNCC2c2ccccc2Cl)n1.Cl. The fraction of sp³-hybridized carbons (Fsp3) is 0.500. The molecule has 3 rings (SSSR count). The monoisotopic (exact) mass is 356 g/mol. The largest absolute Gasteiger partial charge is 0.338 e. The Hall–Kier alpha value is -1.14. The summed E-state index contributed by atoms with van der Waals surface area (Å²) in [5.74, 6) is 1.71. The zero-order chi connectivity index (χ0) is 15.5. The second-order valence-electron chi connectivity index (χ2n) is 5.91. The molecule has 0 aliphatic carbocycles. The lowest BCUT2D eigenvalue weighted by Gasteiger charge is -2.35. The van der Waals surface area contributed by atoms with E-state index < -0.39 is 0 Å². The summed E-state index contributed by atoms with van der Waals surface area (Å²) in [6.45, 7) is 7.52. The molecule has 1 unspecified atom stereocenters. The van der Waals surface area contributed by atoms with Gasteiger partial charge in [0.05, 0.1) is 6.54 Å². The molecule has 1 aliphatic rings. The maximum atomic E-state index is 6.37. The summed E-state index contributed by atoms with van der Waals surface area (Å²) in [4.78, 5) is 6.82. The van der Waals surface area contributed by atoms with Crippen molar-refractivity contribution in [2.75, 3.05) is 19.6 Å². The minimum atomic E-state index is 0. The van der Waals surface area contributed by atoms with Gasteiger partial charge in [-0.05, 0) is 11.6 Å². The molecule has 1 aliphatic heterocycles. The van der Waals surface area contributed by atoms with Crippen molar-refractivity contribution >= 4 is 24.0 Å². The van der Waals surface area contributed by atoms with Gasteiger partial charge >= 0.3 is 0 Å². The maximum absolute atomic E-state index is 6.37.